The van der Waals surface area contributed by atoms with Gasteiger partial charge in [-0.2, -0.15) is 0 Å². The summed E-state index contributed by atoms with van der Waals surface area (Å²) in [4.78, 5) is 12.1. The van der Waals surface area contributed by atoms with E-state index in [0.29, 0.717) is 17.1 Å². The first-order valence-corrected chi connectivity index (χ1v) is 7.64. The molecule has 0 bridgehead atoms. The summed E-state index contributed by atoms with van der Waals surface area (Å²) in [5.41, 5.74) is 0.396. The fraction of sp³-hybridized carbons (Fsp3) is 0.417. The van der Waals surface area contributed by atoms with E-state index >= 15 is 0 Å². The number of nitrogens with one attached hydrogen (secondary N) is 1. The van der Waals surface area contributed by atoms with E-state index in [9.17, 15) is 13.4 Å². The van der Waals surface area contributed by atoms with Crippen LogP contribution in [0.2, 0.25) is 0 Å². The topological polar surface area (TPSA) is 46.2 Å². The van der Waals surface area contributed by atoms with Crippen LogP contribution >= 0.6 is 12.6 Å². The minimum absolute atomic E-state index is 0.0589. The van der Waals surface area contributed by atoms with Gasteiger partial charge in [0.1, 0.15) is 5.82 Å². The number of hydrogen-bond donors (Lipinski definition) is 2. The first kappa shape index (κ1) is 13.5. The number of hydrogen-bond acceptors (Lipinski definition) is 3. The number of amides is 1. The van der Waals surface area contributed by atoms with Crippen LogP contribution in [0.5, 0.6) is 0 Å². The van der Waals surface area contributed by atoms with Crippen molar-refractivity contribution in [1.82, 2.24) is 5.32 Å². The van der Waals surface area contributed by atoms with E-state index in [1.165, 1.54) is 18.2 Å². The van der Waals surface area contributed by atoms with Gasteiger partial charge >= 0.3 is 0 Å². The van der Waals surface area contributed by atoms with Gasteiger partial charge in [-0.15, -0.1) is 12.6 Å². The van der Waals surface area contributed by atoms with Gasteiger partial charge in [-0.05, 0) is 31.0 Å². The fourth-order valence-corrected chi connectivity index (χ4v) is 3.37. The van der Waals surface area contributed by atoms with Crippen LogP contribution in [0.15, 0.2) is 23.1 Å². The Balaban J connectivity index is 1.99. The molecule has 3 nitrogen and oxygen atoms in total. The van der Waals surface area contributed by atoms with Crippen LogP contribution in [0.1, 0.15) is 23.2 Å². The largest absolute Gasteiger partial charge is 0.349 e. The highest BCUT2D eigenvalue weighted by atomic mass is 32.2. The Labute approximate surface area is 113 Å². The minimum Gasteiger partial charge on any atom is -0.349 e. The van der Waals surface area contributed by atoms with E-state index in [1.54, 1.807) is 0 Å². The molecule has 98 valence electrons. The van der Waals surface area contributed by atoms with Crippen molar-refractivity contribution in [3.63, 3.8) is 0 Å². The van der Waals surface area contributed by atoms with E-state index in [-0.39, 0.29) is 16.8 Å². The van der Waals surface area contributed by atoms with Gasteiger partial charge in [-0.25, -0.2) is 4.39 Å². The maximum atomic E-state index is 13.0. The standard InChI is InChI=1S/C12H14FNO2S2/c13-10-2-1-8(7-11(10)17)12(15)14-9-3-5-18(16)6-4-9/h1-2,7,9,17H,3-6H2,(H,14,15). The molecular weight excluding hydrogens is 273 g/mol. The Hall–Kier alpha value is -0.880. The van der Waals surface area contributed by atoms with Gasteiger partial charge in [-0.1, -0.05) is 0 Å². The van der Waals surface area contributed by atoms with Crippen molar-refractivity contribution in [2.75, 3.05) is 11.5 Å². The average Bonchev–Trinajstić information content (AvgIpc) is 2.35. The molecule has 0 unspecified atom stereocenters. The van der Waals surface area contributed by atoms with E-state index in [4.69, 9.17) is 0 Å². The molecule has 18 heavy (non-hydrogen) atoms. The second kappa shape index (κ2) is 5.84. The molecule has 1 aliphatic heterocycles. The molecule has 6 heteroatoms. The SMILES string of the molecule is O=C(NC1CCS(=O)CC1)c1ccc(F)c(S)c1. The number of carbonyl (C=O) groups is 1. The Morgan fingerprint density at radius 3 is 2.67 bits per heavy atom. The van der Waals surface area contributed by atoms with Crippen LogP contribution in [-0.4, -0.2) is 27.7 Å². The van der Waals surface area contributed by atoms with Gasteiger partial charge < -0.3 is 5.32 Å². The zero-order chi connectivity index (χ0) is 13.1. The Bertz CT molecular complexity index is 483. The van der Waals surface area contributed by atoms with Crippen LogP contribution in [0, 0.1) is 5.82 Å². The monoisotopic (exact) mass is 287 g/mol. The minimum atomic E-state index is -0.740. The predicted molar refractivity (Wildman–Crippen MR) is 72.0 cm³/mol. The molecule has 1 heterocycles. The summed E-state index contributed by atoms with van der Waals surface area (Å²) in [6.45, 7) is 0. The predicted octanol–water partition coefficient (Wildman–Crippen LogP) is 1.76. The third-order valence-corrected chi connectivity index (χ3v) is 4.66. The van der Waals surface area contributed by atoms with Crippen LogP contribution in [0.4, 0.5) is 4.39 Å². The molecule has 1 fully saturated rings. The Morgan fingerprint density at radius 1 is 1.39 bits per heavy atom. The third kappa shape index (κ3) is 3.32. The van der Waals surface area contributed by atoms with Crippen molar-refractivity contribution in [2.45, 2.75) is 23.8 Å². The maximum absolute atomic E-state index is 13.0. The van der Waals surface area contributed by atoms with Gasteiger partial charge in [0.25, 0.3) is 5.91 Å². The van der Waals surface area contributed by atoms with Gasteiger partial charge in [0, 0.05) is 38.8 Å². The first-order chi connectivity index (χ1) is 8.56. The fourth-order valence-electron chi connectivity index (χ4n) is 1.86. The quantitative estimate of drug-likeness (QED) is 0.814. The summed E-state index contributed by atoms with van der Waals surface area (Å²) >= 11 is 3.94. The van der Waals surface area contributed by atoms with Crippen molar-refractivity contribution in [2.24, 2.45) is 0 Å². The van der Waals surface area contributed by atoms with Crippen molar-refractivity contribution in [1.29, 1.82) is 0 Å². The lowest BCUT2D eigenvalue weighted by molar-refractivity contribution is 0.0934. The number of rotatable bonds is 2. The summed E-state index contributed by atoms with van der Waals surface area (Å²) in [5, 5.41) is 2.87. The highest BCUT2D eigenvalue weighted by Crippen LogP contribution is 2.15. The van der Waals surface area contributed by atoms with Crippen molar-refractivity contribution in [3.8, 4) is 0 Å². The Kier molecular flexibility index (Phi) is 4.40. The molecule has 1 amide bonds. The second-order valence-corrected chi connectivity index (χ2v) is 6.44. The van der Waals surface area contributed by atoms with E-state index < -0.39 is 16.6 Å². The number of halogens is 1. The van der Waals surface area contributed by atoms with Gasteiger partial charge in [0.15, 0.2) is 0 Å². The van der Waals surface area contributed by atoms with Crippen molar-refractivity contribution >= 4 is 29.3 Å². The second-order valence-electron chi connectivity index (χ2n) is 4.26. The van der Waals surface area contributed by atoms with Crippen LogP contribution in [-0.2, 0) is 10.8 Å². The number of benzene rings is 1. The van der Waals surface area contributed by atoms with Gasteiger partial charge in [0.2, 0.25) is 0 Å². The van der Waals surface area contributed by atoms with Crippen molar-refractivity contribution in [3.05, 3.63) is 29.6 Å². The van der Waals surface area contributed by atoms with E-state index in [2.05, 4.69) is 17.9 Å². The van der Waals surface area contributed by atoms with Crippen molar-refractivity contribution < 1.29 is 13.4 Å². The number of thiol groups is 1. The van der Waals surface area contributed by atoms with Gasteiger partial charge in [-0.3, -0.25) is 9.00 Å². The lowest BCUT2D eigenvalue weighted by atomic mass is 10.1. The summed E-state index contributed by atoms with van der Waals surface area (Å²) in [7, 11) is -0.740. The highest BCUT2D eigenvalue weighted by molar-refractivity contribution is 7.85. The molecule has 0 spiro atoms. The highest BCUT2D eigenvalue weighted by Gasteiger charge is 2.20. The van der Waals surface area contributed by atoms with Crippen LogP contribution in [0.25, 0.3) is 0 Å². The normalized spacial score (nSPS) is 23.7. The zero-order valence-corrected chi connectivity index (χ0v) is 11.4. The average molecular weight is 287 g/mol. The molecule has 2 rings (SSSR count). The summed E-state index contributed by atoms with van der Waals surface area (Å²) in [6, 6.07) is 4.14. The lowest BCUT2D eigenvalue weighted by Crippen LogP contribution is -2.39. The summed E-state index contributed by atoms with van der Waals surface area (Å²) in [6.07, 6.45) is 1.46. The third-order valence-electron chi connectivity index (χ3n) is 2.93. The maximum Gasteiger partial charge on any atom is 0.251 e. The molecule has 1 aromatic carbocycles. The molecule has 1 aromatic rings. The molecule has 0 aliphatic carbocycles. The Morgan fingerprint density at radius 2 is 2.06 bits per heavy atom. The molecule has 1 N–H and O–H groups in total. The molecule has 0 aromatic heterocycles. The summed E-state index contributed by atoms with van der Waals surface area (Å²) < 4.78 is 24.2. The summed E-state index contributed by atoms with van der Waals surface area (Å²) in [5.74, 6) is 0.587. The smallest absolute Gasteiger partial charge is 0.251 e. The van der Waals surface area contributed by atoms with E-state index in [1.807, 2.05) is 0 Å². The zero-order valence-electron chi connectivity index (χ0n) is 9.69. The molecule has 0 saturated carbocycles. The number of carbonyl (C=O) groups excluding carboxylic acids is 1. The van der Waals surface area contributed by atoms with Crippen LogP contribution in [0.3, 0.4) is 0 Å². The molecule has 0 radical (unpaired) electrons. The molecule has 1 aliphatic rings. The van der Waals surface area contributed by atoms with Gasteiger partial charge in [0.05, 0.1) is 0 Å². The molecular formula is C12H14FNO2S2. The molecule has 1 saturated heterocycles. The first-order valence-electron chi connectivity index (χ1n) is 5.70. The lowest BCUT2D eigenvalue weighted by Gasteiger charge is -2.22. The van der Waals surface area contributed by atoms with Crippen LogP contribution < -0.4 is 5.32 Å². The van der Waals surface area contributed by atoms with E-state index in [0.717, 1.165) is 12.8 Å². The molecule has 0 atom stereocenters.